The van der Waals surface area contributed by atoms with Crippen LogP contribution in [0, 0.1) is 5.82 Å². The Hall–Kier alpha value is -1.78. The highest BCUT2D eigenvalue weighted by Crippen LogP contribution is 2.25. The maximum atomic E-state index is 13.2. The van der Waals surface area contributed by atoms with Gasteiger partial charge in [0.25, 0.3) is 0 Å². The molecule has 86 valence electrons. The van der Waals surface area contributed by atoms with E-state index in [0.717, 1.165) is 6.42 Å². The van der Waals surface area contributed by atoms with Crippen molar-refractivity contribution in [3.8, 4) is 5.75 Å². The van der Waals surface area contributed by atoms with Crippen molar-refractivity contribution in [2.24, 2.45) is 0 Å². The van der Waals surface area contributed by atoms with Gasteiger partial charge in [0.05, 0.1) is 7.11 Å². The number of hydrogen-bond donors (Lipinski definition) is 1. The van der Waals surface area contributed by atoms with Gasteiger partial charge in [0, 0.05) is 24.8 Å². The number of methoxy groups -OCH3 is 1. The minimum absolute atomic E-state index is 0.149. The van der Waals surface area contributed by atoms with Gasteiger partial charge in [-0.15, -0.1) is 0 Å². The molecule has 2 amide bonds. The van der Waals surface area contributed by atoms with Crippen molar-refractivity contribution in [1.82, 2.24) is 5.32 Å². The van der Waals surface area contributed by atoms with E-state index >= 15 is 0 Å². The van der Waals surface area contributed by atoms with Crippen molar-refractivity contribution < 1.29 is 13.9 Å². The van der Waals surface area contributed by atoms with Crippen LogP contribution < -0.4 is 15.0 Å². The second-order valence-corrected chi connectivity index (χ2v) is 3.56. The molecular formula is C11H13FN2O2. The SMILES string of the molecule is COc1cc(N2CCCNC2=O)ccc1F. The Labute approximate surface area is 93.0 Å². The average molecular weight is 224 g/mol. The van der Waals surface area contributed by atoms with Gasteiger partial charge in [0.15, 0.2) is 11.6 Å². The van der Waals surface area contributed by atoms with Gasteiger partial charge in [-0.3, -0.25) is 4.90 Å². The van der Waals surface area contributed by atoms with Crippen LogP contribution in [-0.4, -0.2) is 26.2 Å². The molecule has 0 saturated carbocycles. The fraction of sp³-hybridized carbons (Fsp3) is 0.364. The molecule has 1 aliphatic rings. The molecule has 0 aliphatic carbocycles. The summed E-state index contributed by atoms with van der Waals surface area (Å²) >= 11 is 0. The van der Waals surface area contributed by atoms with Crippen molar-refractivity contribution in [1.29, 1.82) is 0 Å². The molecule has 1 N–H and O–H groups in total. The standard InChI is InChI=1S/C11H13FN2O2/c1-16-10-7-8(3-4-9(10)12)14-6-2-5-13-11(14)15/h3-4,7H,2,5-6H2,1H3,(H,13,15). The number of nitrogens with one attached hydrogen (secondary N) is 1. The van der Waals surface area contributed by atoms with E-state index < -0.39 is 5.82 Å². The third-order valence-electron chi connectivity index (χ3n) is 2.53. The number of nitrogens with zero attached hydrogens (tertiary/aromatic N) is 1. The minimum atomic E-state index is -0.427. The zero-order valence-electron chi connectivity index (χ0n) is 9.00. The first-order chi connectivity index (χ1) is 7.72. The highest BCUT2D eigenvalue weighted by molar-refractivity contribution is 5.92. The van der Waals surface area contributed by atoms with Crippen molar-refractivity contribution in [2.75, 3.05) is 25.1 Å². The average Bonchev–Trinajstić information content (AvgIpc) is 2.31. The lowest BCUT2D eigenvalue weighted by Gasteiger charge is -2.27. The van der Waals surface area contributed by atoms with Crippen molar-refractivity contribution in [2.45, 2.75) is 6.42 Å². The molecule has 1 aromatic rings. The Balaban J connectivity index is 2.29. The smallest absolute Gasteiger partial charge is 0.321 e. The predicted octanol–water partition coefficient (Wildman–Crippen LogP) is 1.75. The lowest BCUT2D eigenvalue weighted by atomic mass is 10.2. The molecule has 1 heterocycles. The van der Waals surface area contributed by atoms with Gasteiger partial charge in [0.2, 0.25) is 0 Å². The zero-order chi connectivity index (χ0) is 11.5. The maximum Gasteiger partial charge on any atom is 0.321 e. The van der Waals surface area contributed by atoms with E-state index in [1.54, 1.807) is 11.0 Å². The second-order valence-electron chi connectivity index (χ2n) is 3.56. The molecule has 1 fully saturated rings. The lowest BCUT2D eigenvalue weighted by Crippen LogP contribution is -2.46. The second kappa shape index (κ2) is 4.38. The summed E-state index contributed by atoms with van der Waals surface area (Å²) in [5.41, 5.74) is 0.649. The predicted molar refractivity (Wildman–Crippen MR) is 58.3 cm³/mol. The Morgan fingerprint density at radius 2 is 2.31 bits per heavy atom. The van der Waals surface area contributed by atoms with Gasteiger partial charge in [0.1, 0.15) is 0 Å². The minimum Gasteiger partial charge on any atom is -0.494 e. The van der Waals surface area contributed by atoms with Crippen LogP contribution >= 0.6 is 0 Å². The number of carbonyl (C=O) groups excluding carboxylic acids is 1. The number of urea groups is 1. The summed E-state index contributed by atoms with van der Waals surface area (Å²) in [4.78, 5) is 13.1. The topological polar surface area (TPSA) is 41.6 Å². The van der Waals surface area contributed by atoms with Crippen LogP contribution in [0.4, 0.5) is 14.9 Å². The molecule has 1 aromatic carbocycles. The normalized spacial score (nSPS) is 15.9. The molecule has 5 heteroatoms. The summed E-state index contributed by atoms with van der Waals surface area (Å²) < 4.78 is 18.1. The summed E-state index contributed by atoms with van der Waals surface area (Å²) in [6, 6.07) is 4.25. The lowest BCUT2D eigenvalue weighted by molar-refractivity contribution is 0.243. The number of carbonyl (C=O) groups is 1. The number of rotatable bonds is 2. The van der Waals surface area contributed by atoms with Crippen LogP contribution in [0.2, 0.25) is 0 Å². The molecular weight excluding hydrogens is 211 g/mol. The zero-order valence-corrected chi connectivity index (χ0v) is 9.00. The molecule has 4 nitrogen and oxygen atoms in total. The van der Waals surface area contributed by atoms with Gasteiger partial charge in [-0.25, -0.2) is 9.18 Å². The van der Waals surface area contributed by atoms with E-state index in [-0.39, 0.29) is 11.8 Å². The number of anilines is 1. The van der Waals surface area contributed by atoms with Gasteiger partial charge in [-0.05, 0) is 18.6 Å². The monoisotopic (exact) mass is 224 g/mol. The van der Waals surface area contributed by atoms with E-state index in [4.69, 9.17) is 4.74 Å². The number of benzene rings is 1. The van der Waals surface area contributed by atoms with Crippen LogP contribution in [0.3, 0.4) is 0 Å². The Morgan fingerprint density at radius 1 is 1.50 bits per heavy atom. The molecule has 2 rings (SSSR count). The molecule has 16 heavy (non-hydrogen) atoms. The maximum absolute atomic E-state index is 13.2. The molecule has 0 unspecified atom stereocenters. The van der Waals surface area contributed by atoms with Crippen LogP contribution in [0.25, 0.3) is 0 Å². The first-order valence-electron chi connectivity index (χ1n) is 5.11. The van der Waals surface area contributed by atoms with E-state index in [9.17, 15) is 9.18 Å². The van der Waals surface area contributed by atoms with Crippen LogP contribution in [-0.2, 0) is 0 Å². The number of ether oxygens (including phenoxy) is 1. The van der Waals surface area contributed by atoms with Crippen LogP contribution in [0.1, 0.15) is 6.42 Å². The molecule has 1 aliphatic heterocycles. The highest BCUT2D eigenvalue weighted by atomic mass is 19.1. The van der Waals surface area contributed by atoms with Crippen molar-refractivity contribution in [3.05, 3.63) is 24.0 Å². The third kappa shape index (κ3) is 1.93. The summed E-state index contributed by atoms with van der Waals surface area (Å²) in [5, 5.41) is 2.74. The first-order valence-corrected chi connectivity index (χ1v) is 5.11. The van der Waals surface area contributed by atoms with Crippen LogP contribution in [0.15, 0.2) is 18.2 Å². The molecule has 0 atom stereocenters. The fourth-order valence-corrected chi connectivity index (χ4v) is 1.69. The third-order valence-corrected chi connectivity index (χ3v) is 2.53. The largest absolute Gasteiger partial charge is 0.494 e. The highest BCUT2D eigenvalue weighted by Gasteiger charge is 2.20. The van der Waals surface area contributed by atoms with Crippen LogP contribution in [0.5, 0.6) is 5.75 Å². The Kier molecular flexibility index (Phi) is 2.94. The summed E-state index contributed by atoms with van der Waals surface area (Å²) in [5.74, 6) is -0.278. The number of hydrogen-bond acceptors (Lipinski definition) is 2. The van der Waals surface area contributed by atoms with Crippen molar-refractivity contribution in [3.63, 3.8) is 0 Å². The summed E-state index contributed by atoms with van der Waals surface area (Å²) in [7, 11) is 1.40. The van der Waals surface area contributed by atoms with Gasteiger partial charge in [-0.1, -0.05) is 0 Å². The molecule has 1 saturated heterocycles. The van der Waals surface area contributed by atoms with E-state index in [2.05, 4.69) is 5.32 Å². The van der Waals surface area contributed by atoms with E-state index in [1.807, 2.05) is 0 Å². The molecule has 0 spiro atoms. The van der Waals surface area contributed by atoms with Gasteiger partial charge in [-0.2, -0.15) is 0 Å². The van der Waals surface area contributed by atoms with E-state index in [1.165, 1.54) is 19.2 Å². The number of amides is 2. The Morgan fingerprint density at radius 3 is 3.00 bits per heavy atom. The fourth-order valence-electron chi connectivity index (χ4n) is 1.69. The van der Waals surface area contributed by atoms with Gasteiger partial charge < -0.3 is 10.1 Å². The van der Waals surface area contributed by atoms with Crippen molar-refractivity contribution >= 4 is 11.7 Å². The Bertz CT molecular complexity index is 409. The number of halogens is 1. The summed E-state index contributed by atoms with van der Waals surface area (Å²) in [6.07, 6.45) is 0.880. The molecule has 0 bridgehead atoms. The summed E-state index contributed by atoms with van der Waals surface area (Å²) in [6.45, 7) is 1.33. The molecule has 0 aromatic heterocycles. The molecule has 0 radical (unpaired) electrons. The van der Waals surface area contributed by atoms with Gasteiger partial charge >= 0.3 is 6.03 Å². The quantitative estimate of drug-likeness (QED) is 0.831. The first kappa shape index (κ1) is 10.7. The van der Waals surface area contributed by atoms with E-state index in [0.29, 0.717) is 18.8 Å².